The number of hydrogen-bond donors (Lipinski definition) is 2. The van der Waals surface area contributed by atoms with Crippen LogP contribution < -0.4 is 4.72 Å². The zero-order chi connectivity index (χ0) is 15.0. The van der Waals surface area contributed by atoms with E-state index in [0.29, 0.717) is 16.6 Å². The van der Waals surface area contributed by atoms with E-state index < -0.39 is 10.0 Å². The van der Waals surface area contributed by atoms with Gasteiger partial charge in [0.25, 0.3) is 10.0 Å². The molecule has 0 fully saturated rings. The van der Waals surface area contributed by atoms with Crippen LogP contribution in [0.3, 0.4) is 0 Å². The van der Waals surface area contributed by atoms with E-state index in [1.54, 1.807) is 12.1 Å². The number of anilines is 1. The SMILES string of the molecule is Cc1ccc(NS(=O)(=O)c2cnsc2)c2[nH]nc(C#N)c12. The van der Waals surface area contributed by atoms with E-state index in [0.717, 1.165) is 17.1 Å². The van der Waals surface area contributed by atoms with E-state index in [1.165, 1.54) is 11.6 Å². The number of H-pyrrole nitrogens is 1. The molecule has 0 aliphatic heterocycles. The van der Waals surface area contributed by atoms with Gasteiger partial charge >= 0.3 is 0 Å². The molecule has 0 saturated heterocycles. The summed E-state index contributed by atoms with van der Waals surface area (Å²) in [6, 6.07) is 5.35. The van der Waals surface area contributed by atoms with Crippen molar-refractivity contribution >= 4 is 38.1 Å². The van der Waals surface area contributed by atoms with Crippen LogP contribution in [0.4, 0.5) is 5.69 Å². The average Bonchev–Trinajstić information content (AvgIpc) is 3.10. The number of nitriles is 1. The molecule has 106 valence electrons. The smallest absolute Gasteiger partial charge is 0.264 e. The summed E-state index contributed by atoms with van der Waals surface area (Å²) in [4.78, 5) is 0.0984. The van der Waals surface area contributed by atoms with Gasteiger partial charge in [0.15, 0.2) is 5.69 Å². The topological polar surface area (TPSA) is 112 Å². The summed E-state index contributed by atoms with van der Waals surface area (Å²) in [5.41, 5.74) is 1.91. The molecule has 2 N–H and O–H groups in total. The van der Waals surface area contributed by atoms with E-state index >= 15 is 0 Å². The van der Waals surface area contributed by atoms with Crippen LogP contribution in [0.1, 0.15) is 11.3 Å². The predicted octanol–water partition coefficient (Wildman–Crippen LogP) is 2.00. The third-order valence-electron chi connectivity index (χ3n) is 3.00. The van der Waals surface area contributed by atoms with Crippen molar-refractivity contribution in [2.75, 3.05) is 4.72 Å². The van der Waals surface area contributed by atoms with E-state index in [9.17, 15) is 8.42 Å². The monoisotopic (exact) mass is 319 g/mol. The molecule has 2 heterocycles. The second kappa shape index (κ2) is 4.83. The standard InChI is InChI=1S/C12H9N5O2S2/c1-7-2-3-9(12-11(7)10(4-13)15-16-12)17-21(18,19)8-5-14-20-6-8/h2-3,5-6,17H,1H3,(H,15,16). The quantitative estimate of drug-likeness (QED) is 0.767. The van der Waals surface area contributed by atoms with Gasteiger partial charge in [0.2, 0.25) is 0 Å². The Morgan fingerprint density at radius 3 is 2.90 bits per heavy atom. The molecule has 0 atom stereocenters. The molecular weight excluding hydrogens is 310 g/mol. The van der Waals surface area contributed by atoms with Gasteiger partial charge in [0.1, 0.15) is 11.0 Å². The maximum absolute atomic E-state index is 12.2. The van der Waals surface area contributed by atoms with Gasteiger partial charge in [-0.3, -0.25) is 9.82 Å². The number of nitrogens with zero attached hydrogens (tertiary/aromatic N) is 3. The lowest BCUT2D eigenvalue weighted by Crippen LogP contribution is -2.12. The number of aromatic nitrogens is 3. The van der Waals surface area contributed by atoms with Gasteiger partial charge in [-0.15, -0.1) is 0 Å². The van der Waals surface area contributed by atoms with Crippen LogP contribution in [-0.2, 0) is 10.0 Å². The summed E-state index contributed by atoms with van der Waals surface area (Å²) in [6.45, 7) is 1.83. The number of rotatable bonds is 3. The molecule has 2 aromatic heterocycles. The summed E-state index contributed by atoms with van der Waals surface area (Å²) >= 11 is 1.06. The zero-order valence-electron chi connectivity index (χ0n) is 10.8. The normalized spacial score (nSPS) is 11.4. The van der Waals surface area contributed by atoms with Crippen molar-refractivity contribution in [2.45, 2.75) is 11.8 Å². The highest BCUT2D eigenvalue weighted by molar-refractivity contribution is 7.92. The van der Waals surface area contributed by atoms with Gasteiger partial charge in [0.05, 0.1) is 17.4 Å². The number of fused-ring (bicyclic) bond motifs is 1. The maximum atomic E-state index is 12.2. The molecular formula is C12H9N5O2S2. The molecule has 0 radical (unpaired) electrons. The lowest BCUT2D eigenvalue weighted by atomic mass is 10.1. The highest BCUT2D eigenvalue weighted by Crippen LogP contribution is 2.28. The lowest BCUT2D eigenvalue weighted by molar-refractivity contribution is 0.601. The van der Waals surface area contributed by atoms with Gasteiger partial charge in [0, 0.05) is 10.8 Å². The summed E-state index contributed by atoms with van der Waals surface area (Å²) in [5, 5.41) is 17.7. The highest BCUT2D eigenvalue weighted by atomic mass is 32.2. The Balaban J connectivity index is 2.13. The van der Waals surface area contributed by atoms with E-state index in [-0.39, 0.29) is 10.6 Å². The summed E-state index contributed by atoms with van der Waals surface area (Å²) < 4.78 is 30.7. The minimum Gasteiger partial charge on any atom is -0.277 e. The van der Waals surface area contributed by atoms with Crippen molar-refractivity contribution in [1.82, 2.24) is 14.6 Å². The average molecular weight is 319 g/mol. The first-order valence-electron chi connectivity index (χ1n) is 5.83. The number of aryl methyl sites for hydroxylation is 1. The molecule has 3 rings (SSSR count). The van der Waals surface area contributed by atoms with Crippen LogP contribution in [0, 0.1) is 18.3 Å². The number of aromatic amines is 1. The van der Waals surface area contributed by atoms with Gasteiger partial charge in [-0.1, -0.05) is 6.07 Å². The van der Waals surface area contributed by atoms with Crippen LogP contribution in [0.15, 0.2) is 28.6 Å². The summed E-state index contributed by atoms with van der Waals surface area (Å²) in [5.74, 6) is 0. The minimum absolute atomic E-state index is 0.0984. The van der Waals surface area contributed by atoms with Crippen LogP contribution in [0.25, 0.3) is 10.9 Å². The highest BCUT2D eigenvalue weighted by Gasteiger charge is 2.19. The first-order valence-corrected chi connectivity index (χ1v) is 8.15. The molecule has 1 aromatic carbocycles. The Labute approximate surface area is 124 Å². The maximum Gasteiger partial charge on any atom is 0.264 e. The zero-order valence-corrected chi connectivity index (χ0v) is 12.4. The first kappa shape index (κ1) is 13.5. The number of sulfonamides is 1. The van der Waals surface area contributed by atoms with Gasteiger partial charge < -0.3 is 0 Å². The first-order chi connectivity index (χ1) is 10.0. The second-order valence-electron chi connectivity index (χ2n) is 4.33. The van der Waals surface area contributed by atoms with E-state index in [4.69, 9.17) is 5.26 Å². The fourth-order valence-corrected chi connectivity index (χ4v) is 3.86. The van der Waals surface area contributed by atoms with Crippen molar-refractivity contribution in [3.8, 4) is 6.07 Å². The van der Waals surface area contributed by atoms with Crippen LogP contribution >= 0.6 is 11.5 Å². The molecule has 3 aromatic rings. The van der Waals surface area contributed by atoms with Gasteiger partial charge in [-0.25, -0.2) is 8.42 Å². The molecule has 0 aliphatic rings. The molecule has 9 heteroatoms. The Morgan fingerprint density at radius 2 is 2.24 bits per heavy atom. The van der Waals surface area contributed by atoms with Gasteiger partial charge in [-0.05, 0) is 30.1 Å². The fourth-order valence-electron chi connectivity index (χ4n) is 1.99. The minimum atomic E-state index is -3.70. The van der Waals surface area contributed by atoms with Crippen LogP contribution in [0.5, 0.6) is 0 Å². The van der Waals surface area contributed by atoms with E-state index in [1.807, 2.05) is 13.0 Å². The summed E-state index contributed by atoms with van der Waals surface area (Å²) in [6.07, 6.45) is 1.28. The fraction of sp³-hybridized carbons (Fsp3) is 0.0833. The summed E-state index contributed by atoms with van der Waals surface area (Å²) in [7, 11) is -3.70. The predicted molar refractivity (Wildman–Crippen MR) is 78.5 cm³/mol. The molecule has 0 amide bonds. The lowest BCUT2D eigenvalue weighted by Gasteiger charge is -2.08. The third kappa shape index (κ3) is 2.24. The number of benzene rings is 1. The number of nitrogens with one attached hydrogen (secondary N) is 2. The Morgan fingerprint density at radius 1 is 1.43 bits per heavy atom. The molecule has 0 unspecified atom stereocenters. The third-order valence-corrected chi connectivity index (χ3v) is 5.07. The van der Waals surface area contributed by atoms with Gasteiger partial charge in [-0.2, -0.15) is 14.7 Å². The van der Waals surface area contributed by atoms with Crippen molar-refractivity contribution in [2.24, 2.45) is 0 Å². The Hall–Kier alpha value is -2.44. The molecule has 21 heavy (non-hydrogen) atoms. The second-order valence-corrected chi connectivity index (χ2v) is 6.67. The molecule has 7 nitrogen and oxygen atoms in total. The molecule has 0 spiro atoms. The molecule has 0 bridgehead atoms. The molecule has 0 aliphatic carbocycles. The largest absolute Gasteiger partial charge is 0.277 e. The van der Waals surface area contributed by atoms with E-state index in [2.05, 4.69) is 19.3 Å². The molecule has 0 saturated carbocycles. The Bertz CT molecular complexity index is 952. The van der Waals surface area contributed by atoms with Crippen LogP contribution in [-0.4, -0.2) is 23.0 Å². The number of hydrogen-bond acceptors (Lipinski definition) is 6. The van der Waals surface area contributed by atoms with Crippen molar-refractivity contribution in [3.63, 3.8) is 0 Å². The van der Waals surface area contributed by atoms with Crippen molar-refractivity contribution in [1.29, 1.82) is 5.26 Å². The Kier molecular flexibility index (Phi) is 3.12. The van der Waals surface area contributed by atoms with Crippen LogP contribution in [0.2, 0.25) is 0 Å². The van der Waals surface area contributed by atoms with Crippen molar-refractivity contribution < 1.29 is 8.42 Å². The van der Waals surface area contributed by atoms with Crippen molar-refractivity contribution in [3.05, 3.63) is 35.0 Å².